The molecule has 0 bridgehead atoms. The molecule has 1 fully saturated rings. The summed E-state index contributed by atoms with van der Waals surface area (Å²) in [5.74, 6) is 2.08. The summed E-state index contributed by atoms with van der Waals surface area (Å²) in [6, 6.07) is 11.2. The van der Waals surface area contributed by atoms with E-state index in [9.17, 15) is 9.18 Å². The molecule has 2 aromatic carbocycles. The van der Waals surface area contributed by atoms with E-state index in [0.717, 1.165) is 12.8 Å². The summed E-state index contributed by atoms with van der Waals surface area (Å²) in [6.45, 7) is 2.18. The molecule has 0 saturated carbocycles. The van der Waals surface area contributed by atoms with E-state index in [-0.39, 0.29) is 17.8 Å². The third-order valence-corrected chi connectivity index (χ3v) is 5.47. The van der Waals surface area contributed by atoms with Crippen LogP contribution in [-0.2, 0) is 0 Å². The number of nitrogens with one attached hydrogen (secondary N) is 1. The minimum atomic E-state index is -0.311. The van der Waals surface area contributed by atoms with Crippen LogP contribution < -0.4 is 14.8 Å². The van der Waals surface area contributed by atoms with Gasteiger partial charge in [0.05, 0.1) is 0 Å². The molecule has 8 nitrogen and oxygen atoms in total. The standard InChI is InChI=1S/C22H21FN4O4/c23-16-3-1-14(2-4-16)20-25-21(31-26-20)15-7-9-27(10-8-15)22(28)24-17-5-6-18-19(13-17)30-12-11-29-18/h1-6,13,15H,7-12H2,(H,24,28). The molecule has 31 heavy (non-hydrogen) atoms. The molecule has 0 aliphatic carbocycles. The van der Waals surface area contributed by atoms with Gasteiger partial charge in [0.2, 0.25) is 11.7 Å². The Morgan fingerprint density at radius 2 is 1.77 bits per heavy atom. The Labute approximate surface area is 178 Å². The lowest BCUT2D eigenvalue weighted by Crippen LogP contribution is -2.40. The third kappa shape index (κ3) is 4.16. The van der Waals surface area contributed by atoms with Gasteiger partial charge in [-0.05, 0) is 49.2 Å². The topological polar surface area (TPSA) is 89.7 Å². The molecule has 160 valence electrons. The van der Waals surface area contributed by atoms with Crippen LogP contribution in [0.3, 0.4) is 0 Å². The number of aromatic nitrogens is 2. The normalized spacial score (nSPS) is 16.2. The molecule has 1 N–H and O–H groups in total. The number of ether oxygens (including phenoxy) is 2. The van der Waals surface area contributed by atoms with E-state index in [1.807, 2.05) is 0 Å². The summed E-state index contributed by atoms with van der Waals surface area (Å²) in [7, 11) is 0. The Kier molecular flexibility index (Phi) is 5.15. The molecule has 2 aliphatic heterocycles. The van der Waals surface area contributed by atoms with Gasteiger partial charge in [0.15, 0.2) is 11.5 Å². The fraction of sp³-hybridized carbons (Fsp3) is 0.318. The minimum absolute atomic E-state index is 0.0834. The molecular formula is C22H21FN4O4. The van der Waals surface area contributed by atoms with Crippen molar-refractivity contribution in [2.24, 2.45) is 0 Å². The van der Waals surface area contributed by atoms with Crippen molar-refractivity contribution in [3.63, 3.8) is 0 Å². The maximum absolute atomic E-state index is 13.1. The van der Waals surface area contributed by atoms with Crippen LogP contribution in [0.5, 0.6) is 11.5 Å². The van der Waals surface area contributed by atoms with Crippen LogP contribution in [0.4, 0.5) is 14.9 Å². The van der Waals surface area contributed by atoms with Crippen LogP contribution in [0.1, 0.15) is 24.7 Å². The number of benzene rings is 2. The van der Waals surface area contributed by atoms with E-state index in [1.165, 1.54) is 12.1 Å². The third-order valence-electron chi connectivity index (χ3n) is 5.47. The lowest BCUT2D eigenvalue weighted by Gasteiger charge is -2.30. The Bertz CT molecular complexity index is 1080. The van der Waals surface area contributed by atoms with Crippen LogP contribution in [0.15, 0.2) is 47.0 Å². The molecule has 1 saturated heterocycles. The Hall–Kier alpha value is -3.62. The number of fused-ring (bicyclic) bond motifs is 1. The van der Waals surface area contributed by atoms with Gasteiger partial charge in [-0.1, -0.05) is 5.16 Å². The number of rotatable bonds is 3. The largest absolute Gasteiger partial charge is 0.486 e. The molecule has 0 unspecified atom stereocenters. The van der Waals surface area contributed by atoms with E-state index in [0.29, 0.717) is 60.8 Å². The maximum Gasteiger partial charge on any atom is 0.321 e. The molecule has 3 aromatic rings. The number of hydrogen-bond donors (Lipinski definition) is 1. The number of amides is 2. The number of hydrogen-bond acceptors (Lipinski definition) is 6. The van der Waals surface area contributed by atoms with E-state index < -0.39 is 0 Å². The Morgan fingerprint density at radius 1 is 1.03 bits per heavy atom. The average Bonchev–Trinajstić information content (AvgIpc) is 3.30. The number of likely N-dealkylation sites (tertiary alicyclic amines) is 1. The second kappa shape index (κ2) is 8.25. The highest BCUT2D eigenvalue weighted by molar-refractivity contribution is 5.89. The fourth-order valence-electron chi connectivity index (χ4n) is 3.77. The van der Waals surface area contributed by atoms with Gasteiger partial charge in [0.25, 0.3) is 0 Å². The molecule has 2 aliphatic rings. The first-order chi connectivity index (χ1) is 15.2. The lowest BCUT2D eigenvalue weighted by atomic mass is 9.97. The summed E-state index contributed by atoms with van der Waals surface area (Å²) in [4.78, 5) is 18.9. The van der Waals surface area contributed by atoms with Crippen LogP contribution in [0.2, 0.25) is 0 Å². The van der Waals surface area contributed by atoms with Gasteiger partial charge in [0.1, 0.15) is 19.0 Å². The van der Waals surface area contributed by atoms with Gasteiger partial charge in [-0.25, -0.2) is 9.18 Å². The summed E-state index contributed by atoms with van der Waals surface area (Å²) in [5.41, 5.74) is 1.37. The summed E-state index contributed by atoms with van der Waals surface area (Å²) in [6.07, 6.45) is 1.44. The van der Waals surface area contributed by atoms with Crippen molar-refractivity contribution < 1.29 is 23.2 Å². The highest BCUT2D eigenvalue weighted by atomic mass is 19.1. The van der Waals surface area contributed by atoms with E-state index in [2.05, 4.69) is 15.5 Å². The van der Waals surface area contributed by atoms with Gasteiger partial charge >= 0.3 is 6.03 Å². The maximum atomic E-state index is 13.1. The summed E-state index contributed by atoms with van der Waals surface area (Å²) >= 11 is 0. The smallest absolute Gasteiger partial charge is 0.321 e. The van der Waals surface area contributed by atoms with Gasteiger partial charge in [-0.3, -0.25) is 0 Å². The number of nitrogens with zero attached hydrogens (tertiary/aromatic N) is 3. The van der Waals surface area contributed by atoms with Crippen LogP contribution in [0, 0.1) is 5.82 Å². The first-order valence-electron chi connectivity index (χ1n) is 10.2. The number of urea groups is 1. The SMILES string of the molecule is O=C(Nc1ccc2c(c1)OCCO2)N1CCC(c2nc(-c3ccc(F)cc3)no2)CC1. The van der Waals surface area contributed by atoms with Gasteiger partial charge < -0.3 is 24.2 Å². The predicted octanol–water partition coefficient (Wildman–Crippen LogP) is 4.06. The van der Waals surface area contributed by atoms with Crippen molar-refractivity contribution in [3.8, 4) is 22.9 Å². The Balaban J connectivity index is 1.18. The number of carbonyl (C=O) groups is 1. The highest BCUT2D eigenvalue weighted by Gasteiger charge is 2.28. The van der Waals surface area contributed by atoms with E-state index in [4.69, 9.17) is 14.0 Å². The van der Waals surface area contributed by atoms with Gasteiger partial charge in [-0.15, -0.1) is 0 Å². The molecule has 0 radical (unpaired) electrons. The molecule has 3 heterocycles. The van der Waals surface area contributed by atoms with Gasteiger partial charge in [0, 0.05) is 36.3 Å². The van der Waals surface area contributed by atoms with Crippen molar-refractivity contribution >= 4 is 11.7 Å². The molecule has 1 aromatic heterocycles. The predicted molar refractivity (Wildman–Crippen MR) is 110 cm³/mol. The fourth-order valence-corrected chi connectivity index (χ4v) is 3.77. The van der Waals surface area contributed by atoms with E-state index >= 15 is 0 Å². The quantitative estimate of drug-likeness (QED) is 0.682. The second-order valence-corrected chi connectivity index (χ2v) is 7.51. The average molecular weight is 424 g/mol. The van der Waals surface area contributed by atoms with Crippen molar-refractivity contribution in [3.05, 3.63) is 54.2 Å². The zero-order chi connectivity index (χ0) is 21.2. The minimum Gasteiger partial charge on any atom is -0.486 e. The monoisotopic (exact) mass is 424 g/mol. The summed E-state index contributed by atoms with van der Waals surface area (Å²) in [5, 5.41) is 6.93. The zero-order valence-corrected chi connectivity index (χ0v) is 16.7. The van der Waals surface area contributed by atoms with Crippen molar-refractivity contribution in [1.29, 1.82) is 0 Å². The number of piperidine rings is 1. The molecule has 2 amide bonds. The number of anilines is 1. The Morgan fingerprint density at radius 3 is 2.55 bits per heavy atom. The van der Waals surface area contributed by atoms with Crippen LogP contribution >= 0.6 is 0 Å². The molecule has 5 rings (SSSR count). The molecule has 9 heteroatoms. The molecule has 0 spiro atoms. The van der Waals surface area contributed by atoms with E-state index in [1.54, 1.807) is 35.2 Å². The highest BCUT2D eigenvalue weighted by Crippen LogP contribution is 2.33. The summed E-state index contributed by atoms with van der Waals surface area (Å²) < 4.78 is 29.6. The van der Waals surface area contributed by atoms with Crippen LogP contribution in [0.25, 0.3) is 11.4 Å². The zero-order valence-electron chi connectivity index (χ0n) is 16.7. The van der Waals surface area contributed by atoms with Crippen molar-refractivity contribution in [1.82, 2.24) is 15.0 Å². The molecule has 0 atom stereocenters. The van der Waals surface area contributed by atoms with Crippen molar-refractivity contribution in [2.75, 3.05) is 31.6 Å². The van der Waals surface area contributed by atoms with Crippen molar-refractivity contribution in [2.45, 2.75) is 18.8 Å². The number of halogens is 1. The second-order valence-electron chi connectivity index (χ2n) is 7.51. The first kappa shape index (κ1) is 19.3. The van der Waals surface area contributed by atoms with Crippen LogP contribution in [-0.4, -0.2) is 47.4 Å². The van der Waals surface area contributed by atoms with Gasteiger partial charge in [-0.2, -0.15) is 4.98 Å². The lowest BCUT2D eigenvalue weighted by molar-refractivity contribution is 0.171. The molecular weight excluding hydrogens is 403 g/mol. The number of carbonyl (C=O) groups excluding carboxylic acids is 1. The first-order valence-corrected chi connectivity index (χ1v) is 10.2.